The Kier molecular flexibility index (Phi) is 5.24. The lowest BCUT2D eigenvalue weighted by molar-refractivity contribution is 0.470. The number of rotatable bonds is 6. The van der Waals surface area contributed by atoms with Crippen molar-refractivity contribution in [1.29, 1.82) is 0 Å². The Labute approximate surface area is 165 Å². The third-order valence-corrected chi connectivity index (χ3v) is 6.91. The minimum absolute atomic E-state index is 0.0475. The quantitative estimate of drug-likeness (QED) is 0.594. The first kappa shape index (κ1) is 18.8. The molecule has 1 unspecified atom stereocenters. The number of sulfone groups is 1. The maximum atomic E-state index is 12.7. The Morgan fingerprint density at radius 1 is 1.07 bits per heavy atom. The zero-order chi connectivity index (χ0) is 19.6. The summed E-state index contributed by atoms with van der Waals surface area (Å²) in [6, 6.07) is 15.1. The van der Waals surface area contributed by atoms with Gasteiger partial charge in [-0.3, -0.25) is 0 Å². The third-order valence-electron chi connectivity index (χ3n) is 5.30. The summed E-state index contributed by atoms with van der Waals surface area (Å²) in [5.74, 6) is 0.450. The molecule has 0 fully saturated rings. The monoisotopic (exact) mass is 396 g/mol. The van der Waals surface area contributed by atoms with Crippen LogP contribution >= 0.6 is 0 Å². The number of phenolic OH excluding ortho intramolecular Hbond substituents is 1. The molecule has 28 heavy (non-hydrogen) atoms. The number of fused-ring (bicyclic) bond motifs is 1. The smallest absolute Gasteiger partial charge is 0.154 e. The van der Waals surface area contributed by atoms with Crippen molar-refractivity contribution in [3.8, 4) is 5.75 Å². The van der Waals surface area contributed by atoms with Crippen molar-refractivity contribution in [3.63, 3.8) is 0 Å². The van der Waals surface area contributed by atoms with Gasteiger partial charge >= 0.3 is 0 Å². The van der Waals surface area contributed by atoms with Gasteiger partial charge in [-0.2, -0.15) is 0 Å². The van der Waals surface area contributed by atoms with Gasteiger partial charge in [0.05, 0.1) is 11.5 Å². The van der Waals surface area contributed by atoms with E-state index in [1.165, 1.54) is 0 Å². The van der Waals surface area contributed by atoms with Gasteiger partial charge < -0.3 is 15.4 Å². The molecule has 1 atom stereocenters. The van der Waals surface area contributed by atoms with Gasteiger partial charge in [-0.15, -0.1) is 0 Å². The fraction of sp³-hybridized carbons (Fsp3) is 0.273. The molecule has 1 aromatic heterocycles. The Bertz CT molecular complexity index is 1120. The van der Waals surface area contributed by atoms with E-state index in [1.54, 1.807) is 18.3 Å². The first-order valence-electron chi connectivity index (χ1n) is 9.48. The molecule has 3 N–H and O–H groups in total. The predicted molar refractivity (Wildman–Crippen MR) is 113 cm³/mol. The molecule has 6 heteroatoms. The Balaban J connectivity index is 1.40. The highest BCUT2D eigenvalue weighted by atomic mass is 32.2. The van der Waals surface area contributed by atoms with Crippen LogP contribution in [-0.2, 0) is 15.6 Å². The first-order valence-corrected chi connectivity index (χ1v) is 11.3. The van der Waals surface area contributed by atoms with Crippen LogP contribution in [0.3, 0.4) is 0 Å². The van der Waals surface area contributed by atoms with Crippen LogP contribution in [0.15, 0.2) is 60.8 Å². The Morgan fingerprint density at radius 2 is 1.86 bits per heavy atom. The number of nitrogens with one attached hydrogen (secondary N) is 2. The van der Waals surface area contributed by atoms with Crippen molar-refractivity contribution in [2.75, 3.05) is 12.3 Å². The summed E-state index contributed by atoms with van der Waals surface area (Å²) in [5, 5.41) is 14.4. The molecule has 3 aromatic rings. The van der Waals surface area contributed by atoms with Gasteiger partial charge in [-0.25, -0.2) is 8.42 Å². The molecule has 0 amide bonds. The molecule has 2 heterocycles. The number of aromatic amines is 1. The average molecular weight is 397 g/mol. The van der Waals surface area contributed by atoms with E-state index in [1.807, 2.05) is 36.4 Å². The van der Waals surface area contributed by atoms with E-state index in [0.717, 1.165) is 27.6 Å². The van der Waals surface area contributed by atoms with E-state index in [-0.39, 0.29) is 23.3 Å². The zero-order valence-electron chi connectivity index (χ0n) is 15.6. The van der Waals surface area contributed by atoms with Crippen LogP contribution in [0.25, 0.3) is 16.5 Å². The standard InChI is InChI=1S/C22H24N2O3S/c25-22-8-4-2-6-20(22)16-9-11-23-18(13-16)10-12-28(26,27)15-17-14-24-21-7-3-1-5-19(17)21/h1-9,14,18,23-25H,10-13,15H2. The van der Waals surface area contributed by atoms with Gasteiger partial charge in [0.15, 0.2) is 9.84 Å². The second-order valence-corrected chi connectivity index (χ2v) is 9.48. The lowest BCUT2D eigenvalue weighted by Crippen LogP contribution is -2.34. The van der Waals surface area contributed by atoms with E-state index in [9.17, 15) is 13.5 Å². The molecule has 0 spiro atoms. The maximum absolute atomic E-state index is 12.7. The van der Waals surface area contributed by atoms with E-state index in [2.05, 4.69) is 16.4 Å². The number of aromatic nitrogens is 1. The molecule has 146 valence electrons. The predicted octanol–water partition coefficient (Wildman–Crippen LogP) is 3.62. The summed E-state index contributed by atoms with van der Waals surface area (Å²) in [5.41, 5.74) is 3.67. The van der Waals surface area contributed by atoms with E-state index < -0.39 is 9.84 Å². The largest absolute Gasteiger partial charge is 0.507 e. The lowest BCUT2D eigenvalue weighted by atomic mass is 9.94. The van der Waals surface area contributed by atoms with Crippen LogP contribution in [-0.4, -0.2) is 36.8 Å². The molecular weight excluding hydrogens is 372 g/mol. The summed E-state index contributed by atoms with van der Waals surface area (Å²) >= 11 is 0. The van der Waals surface area contributed by atoms with Gasteiger partial charge in [-0.1, -0.05) is 42.5 Å². The molecule has 4 rings (SSSR count). The van der Waals surface area contributed by atoms with Gasteiger partial charge in [0.25, 0.3) is 0 Å². The second-order valence-electron chi connectivity index (χ2n) is 7.30. The summed E-state index contributed by atoms with van der Waals surface area (Å²) in [7, 11) is -3.21. The van der Waals surface area contributed by atoms with Crippen molar-refractivity contribution in [2.24, 2.45) is 0 Å². The van der Waals surface area contributed by atoms with Crippen LogP contribution < -0.4 is 5.32 Å². The van der Waals surface area contributed by atoms with Crippen molar-refractivity contribution in [2.45, 2.75) is 24.6 Å². The summed E-state index contributed by atoms with van der Waals surface area (Å²) in [4.78, 5) is 3.14. The zero-order valence-corrected chi connectivity index (χ0v) is 16.4. The molecule has 2 aromatic carbocycles. The summed E-state index contributed by atoms with van der Waals surface area (Å²) in [6.45, 7) is 0.677. The molecule has 0 bridgehead atoms. The van der Waals surface area contributed by atoms with Crippen molar-refractivity contribution in [3.05, 3.63) is 71.9 Å². The van der Waals surface area contributed by atoms with Crippen molar-refractivity contribution < 1.29 is 13.5 Å². The number of H-pyrrole nitrogens is 1. The number of para-hydroxylation sites is 2. The van der Waals surface area contributed by atoms with Gasteiger partial charge in [0, 0.05) is 35.2 Å². The fourth-order valence-corrected chi connectivity index (χ4v) is 5.32. The Hall–Kier alpha value is -2.57. The van der Waals surface area contributed by atoms with Crippen LogP contribution in [0, 0.1) is 0 Å². The molecule has 1 aliphatic rings. The van der Waals surface area contributed by atoms with Crippen molar-refractivity contribution in [1.82, 2.24) is 10.3 Å². The summed E-state index contributed by atoms with van der Waals surface area (Å²) in [6.07, 6.45) is 5.11. The number of hydrogen-bond acceptors (Lipinski definition) is 4. The lowest BCUT2D eigenvalue weighted by Gasteiger charge is -2.25. The SMILES string of the molecule is O=S(=O)(CCC1CC(c2ccccc2O)=CCN1)Cc1c[nH]c2ccccc12. The molecule has 1 aliphatic heterocycles. The van der Waals surface area contributed by atoms with Crippen LogP contribution in [0.1, 0.15) is 24.0 Å². The minimum Gasteiger partial charge on any atom is -0.507 e. The minimum atomic E-state index is -3.21. The molecule has 5 nitrogen and oxygen atoms in total. The number of hydrogen-bond donors (Lipinski definition) is 3. The average Bonchev–Trinajstić information content (AvgIpc) is 3.09. The first-order chi connectivity index (χ1) is 13.5. The van der Waals surface area contributed by atoms with Crippen molar-refractivity contribution >= 4 is 26.3 Å². The van der Waals surface area contributed by atoms with E-state index in [4.69, 9.17) is 0 Å². The highest BCUT2D eigenvalue weighted by molar-refractivity contribution is 7.90. The summed E-state index contributed by atoms with van der Waals surface area (Å²) < 4.78 is 25.4. The maximum Gasteiger partial charge on any atom is 0.154 e. The second kappa shape index (κ2) is 7.81. The van der Waals surface area contributed by atoms with E-state index in [0.29, 0.717) is 19.4 Å². The highest BCUT2D eigenvalue weighted by Crippen LogP contribution is 2.30. The Morgan fingerprint density at radius 3 is 2.71 bits per heavy atom. The van der Waals surface area contributed by atoms with Crippen LogP contribution in [0.4, 0.5) is 0 Å². The van der Waals surface area contributed by atoms with Gasteiger partial charge in [-0.05, 0) is 36.1 Å². The molecule has 0 saturated heterocycles. The normalized spacial score (nSPS) is 17.6. The van der Waals surface area contributed by atoms with Gasteiger partial charge in [0.2, 0.25) is 0 Å². The molecular formula is C22H24N2O3S. The topological polar surface area (TPSA) is 82.2 Å². The van der Waals surface area contributed by atoms with Crippen LogP contribution in [0.5, 0.6) is 5.75 Å². The van der Waals surface area contributed by atoms with Crippen LogP contribution in [0.2, 0.25) is 0 Å². The fourth-order valence-electron chi connectivity index (χ4n) is 3.82. The molecule has 0 aliphatic carbocycles. The third kappa shape index (κ3) is 4.13. The molecule has 0 radical (unpaired) electrons. The number of phenols is 1. The number of benzene rings is 2. The molecule has 0 saturated carbocycles. The van der Waals surface area contributed by atoms with Gasteiger partial charge in [0.1, 0.15) is 5.75 Å². The van der Waals surface area contributed by atoms with E-state index >= 15 is 0 Å². The highest BCUT2D eigenvalue weighted by Gasteiger charge is 2.21. The number of aromatic hydroxyl groups is 1.